The van der Waals surface area contributed by atoms with E-state index in [2.05, 4.69) is 31.8 Å². The molecule has 1 aliphatic heterocycles. The molecule has 1 aromatic rings. The molecule has 1 saturated heterocycles. The molecular weight excluding hydrogens is 256 g/mol. The summed E-state index contributed by atoms with van der Waals surface area (Å²) in [5.74, 6) is 1.24. The van der Waals surface area contributed by atoms with Crippen molar-refractivity contribution in [2.45, 2.75) is 26.3 Å². The minimum absolute atomic E-state index is 0.0428. The van der Waals surface area contributed by atoms with Gasteiger partial charge in [-0.05, 0) is 13.3 Å². The van der Waals surface area contributed by atoms with Crippen molar-refractivity contribution in [2.24, 2.45) is 10.9 Å². The molecule has 0 bridgehead atoms. The molecule has 20 heavy (non-hydrogen) atoms. The van der Waals surface area contributed by atoms with Crippen LogP contribution in [0.3, 0.4) is 0 Å². The van der Waals surface area contributed by atoms with Crippen LogP contribution < -0.4 is 10.6 Å². The first-order chi connectivity index (χ1) is 9.65. The molecule has 3 N–H and O–H groups in total. The van der Waals surface area contributed by atoms with Crippen LogP contribution in [-0.2, 0) is 6.42 Å². The first kappa shape index (κ1) is 14.5. The van der Waals surface area contributed by atoms with E-state index < -0.39 is 0 Å². The Morgan fingerprint density at radius 2 is 2.10 bits per heavy atom. The minimum Gasteiger partial charge on any atom is -0.409 e. The molecule has 110 valence electrons. The van der Waals surface area contributed by atoms with Gasteiger partial charge in [0.15, 0.2) is 5.84 Å². The van der Waals surface area contributed by atoms with Crippen LogP contribution in [0.2, 0.25) is 0 Å². The first-order valence-corrected chi connectivity index (χ1v) is 6.93. The molecule has 1 aliphatic rings. The van der Waals surface area contributed by atoms with Crippen molar-refractivity contribution in [1.29, 1.82) is 0 Å². The predicted molar refractivity (Wildman–Crippen MR) is 78.1 cm³/mol. The molecule has 2 rings (SSSR count). The zero-order valence-corrected chi connectivity index (χ0v) is 12.0. The predicted octanol–water partition coefficient (Wildman–Crippen LogP) is 0.296. The minimum atomic E-state index is -0.0428. The summed E-state index contributed by atoms with van der Waals surface area (Å²) >= 11 is 0. The highest BCUT2D eigenvalue weighted by Gasteiger charge is 2.24. The highest BCUT2D eigenvalue weighted by Crippen LogP contribution is 2.15. The molecule has 0 aromatic carbocycles. The van der Waals surface area contributed by atoms with Gasteiger partial charge in [0.25, 0.3) is 0 Å². The lowest BCUT2D eigenvalue weighted by atomic mass is 10.2. The summed E-state index contributed by atoms with van der Waals surface area (Å²) in [6.45, 7) is 7.52. The highest BCUT2D eigenvalue weighted by molar-refractivity contribution is 5.84. The summed E-state index contributed by atoms with van der Waals surface area (Å²) in [4.78, 5) is 13.0. The Kier molecular flexibility index (Phi) is 4.73. The van der Waals surface area contributed by atoms with E-state index in [9.17, 15) is 0 Å². The maximum atomic E-state index is 8.73. The number of piperazine rings is 1. The number of anilines is 1. The first-order valence-electron chi connectivity index (χ1n) is 6.93. The van der Waals surface area contributed by atoms with E-state index in [1.807, 2.05) is 13.0 Å². The molecule has 7 heteroatoms. The molecule has 0 aliphatic carbocycles. The summed E-state index contributed by atoms with van der Waals surface area (Å²) < 4.78 is 0. The van der Waals surface area contributed by atoms with Crippen molar-refractivity contribution < 1.29 is 5.21 Å². The van der Waals surface area contributed by atoms with Gasteiger partial charge in [-0.1, -0.05) is 12.1 Å². The molecular formula is C13H22N6O. The summed E-state index contributed by atoms with van der Waals surface area (Å²) in [6.07, 6.45) is 2.54. The third-order valence-corrected chi connectivity index (χ3v) is 3.80. The third-order valence-electron chi connectivity index (χ3n) is 3.80. The van der Waals surface area contributed by atoms with Crippen molar-refractivity contribution in [1.82, 2.24) is 14.9 Å². The number of aromatic nitrogens is 2. The SMILES string of the molecule is CCc1cc(N2CCN(C(C)C(N)=NO)CC2)ncn1. The smallest absolute Gasteiger partial charge is 0.156 e. The summed E-state index contributed by atoms with van der Waals surface area (Å²) in [5, 5.41) is 11.8. The maximum absolute atomic E-state index is 8.73. The molecule has 1 fully saturated rings. The maximum Gasteiger partial charge on any atom is 0.156 e. The molecule has 2 heterocycles. The fourth-order valence-corrected chi connectivity index (χ4v) is 2.36. The molecule has 1 aromatic heterocycles. The zero-order chi connectivity index (χ0) is 14.5. The van der Waals surface area contributed by atoms with Gasteiger partial charge in [0, 0.05) is 37.9 Å². The molecule has 0 amide bonds. The van der Waals surface area contributed by atoms with E-state index >= 15 is 0 Å². The third kappa shape index (κ3) is 3.16. The topological polar surface area (TPSA) is 90.9 Å². The lowest BCUT2D eigenvalue weighted by molar-refractivity contribution is 0.230. The molecule has 1 unspecified atom stereocenters. The van der Waals surface area contributed by atoms with Crippen LogP contribution >= 0.6 is 0 Å². The van der Waals surface area contributed by atoms with Crippen LogP contribution in [0.1, 0.15) is 19.5 Å². The van der Waals surface area contributed by atoms with Crippen molar-refractivity contribution in [3.63, 3.8) is 0 Å². The summed E-state index contributed by atoms with van der Waals surface area (Å²) in [7, 11) is 0. The summed E-state index contributed by atoms with van der Waals surface area (Å²) in [6, 6.07) is 2.00. The Labute approximate surface area is 119 Å². The lowest BCUT2D eigenvalue weighted by Crippen LogP contribution is -2.53. The van der Waals surface area contributed by atoms with Crippen molar-refractivity contribution in [3.8, 4) is 0 Å². The summed E-state index contributed by atoms with van der Waals surface area (Å²) in [5.41, 5.74) is 6.71. The Balaban J connectivity index is 1.97. The van der Waals surface area contributed by atoms with Crippen LogP contribution in [0.15, 0.2) is 17.5 Å². The number of aryl methyl sites for hydroxylation is 1. The fourth-order valence-electron chi connectivity index (χ4n) is 2.36. The number of nitrogens with two attached hydrogens (primary N) is 1. The monoisotopic (exact) mass is 278 g/mol. The molecule has 0 saturated carbocycles. The number of nitrogens with zero attached hydrogens (tertiary/aromatic N) is 5. The second-order valence-electron chi connectivity index (χ2n) is 4.94. The number of amidine groups is 1. The van der Waals surface area contributed by atoms with Gasteiger partial charge in [0.2, 0.25) is 0 Å². The van der Waals surface area contributed by atoms with Crippen LogP contribution in [0.5, 0.6) is 0 Å². The molecule has 0 spiro atoms. The number of hydrogen-bond acceptors (Lipinski definition) is 6. The van der Waals surface area contributed by atoms with E-state index in [4.69, 9.17) is 10.9 Å². The number of oxime groups is 1. The van der Waals surface area contributed by atoms with Crippen LogP contribution in [-0.4, -0.2) is 58.1 Å². The van der Waals surface area contributed by atoms with Gasteiger partial charge < -0.3 is 15.8 Å². The zero-order valence-electron chi connectivity index (χ0n) is 12.0. The van der Waals surface area contributed by atoms with E-state index in [1.54, 1.807) is 6.33 Å². The lowest BCUT2D eigenvalue weighted by Gasteiger charge is -2.38. The van der Waals surface area contributed by atoms with Gasteiger partial charge in [-0.2, -0.15) is 0 Å². The van der Waals surface area contributed by atoms with Gasteiger partial charge in [-0.15, -0.1) is 0 Å². The molecule has 0 radical (unpaired) electrons. The second kappa shape index (κ2) is 6.51. The van der Waals surface area contributed by atoms with Gasteiger partial charge in [-0.3, -0.25) is 4.90 Å². The highest BCUT2D eigenvalue weighted by atomic mass is 16.4. The molecule has 7 nitrogen and oxygen atoms in total. The van der Waals surface area contributed by atoms with Crippen LogP contribution in [0.25, 0.3) is 0 Å². The largest absolute Gasteiger partial charge is 0.409 e. The normalized spacial score (nSPS) is 19.1. The van der Waals surface area contributed by atoms with E-state index in [-0.39, 0.29) is 11.9 Å². The Morgan fingerprint density at radius 1 is 1.40 bits per heavy atom. The van der Waals surface area contributed by atoms with Crippen molar-refractivity contribution in [2.75, 3.05) is 31.1 Å². The van der Waals surface area contributed by atoms with Crippen molar-refractivity contribution >= 4 is 11.7 Å². The average Bonchev–Trinajstić information content (AvgIpc) is 2.53. The Hall–Kier alpha value is -1.89. The number of hydrogen-bond donors (Lipinski definition) is 2. The quantitative estimate of drug-likeness (QED) is 0.356. The standard InChI is InChI=1S/C13H22N6O/c1-3-11-8-12(16-9-15-11)19-6-4-18(5-7-19)10(2)13(14)17-20/h8-10,20H,3-7H2,1-2H3,(H2,14,17). The van der Waals surface area contributed by atoms with Crippen LogP contribution in [0.4, 0.5) is 5.82 Å². The van der Waals surface area contributed by atoms with Gasteiger partial charge in [0.1, 0.15) is 12.1 Å². The van der Waals surface area contributed by atoms with E-state index in [0.717, 1.165) is 44.1 Å². The van der Waals surface area contributed by atoms with Crippen molar-refractivity contribution in [3.05, 3.63) is 18.1 Å². The second-order valence-corrected chi connectivity index (χ2v) is 4.94. The molecule has 1 atom stereocenters. The number of rotatable bonds is 4. The Morgan fingerprint density at radius 3 is 2.70 bits per heavy atom. The van der Waals surface area contributed by atoms with Gasteiger partial charge in [-0.25, -0.2) is 9.97 Å². The fraction of sp³-hybridized carbons (Fsp3) is 0.615. The van der Waals surface area contributed by atoms with Gasteiger partial charge >= 0.3 is 0 Å². The van der Waals surface area contributed by atoms with E-state index in [0.29, 0.717) is 0 Å². The van der Waals surface area contributed by atoms with E-state index in [1.165, 1.54) is 0 Å². The van der Waals surface area contributed by atoms with Crippen LogP contribution in [0, 0.1) is 0 Å². The Bertz CT molecular complexity index is 470. The average molecular weight is 278 g/mol. The van der Waals surface area contributed by atoms with Gasteiger partial charge in [0.05, 0.1) is 6.04 Å².